The van der Waals surface area contributed by atoms with Crippen LogP contribution in [0.5, 0.6) is 0 Å². The van der Waals surface area contributed by atoms with Gasteiger partial charge in [-0.05, 0) is 30.2 Å². The number of hydrogen-bond donors (Lipinski definition) is 1. The van der Waals surface area contributed by atoms with Crippen LogP contribution in [0.4, 0.5) is 4.39 Å². The van der Waals surface area contributed by atoms with E-state index >= 15 is 0 Å². The van der Waals surface area contributed by atoms with Gasteiger partial charge in [-0.2, -0.15) is 0 Å². The molecule has 1 aliphatic heterocycles. The van der Waals surface area contributed by atoms with Crippen LogP contribution in [0.25, 0.3) is 0 Å². The van der Waals surface area contributed by atoms with Crippen molar-refractivity contribution in [3.8, 4) is 0 Å². The van der Waals surface area contributed by atoms with Gasteiger partial charge in [0.25, 0.3) is 0 Å². The van der Waals surface area contributed by atoms with Crippen molar-refractivity contribution in [2.75, 3.05) is 19.7 Å². The highest BCUT2D eigenvalue weighted by Gasteiger charge is 2.28. The fourth-order valence-electron chi connectivity index (χ4n) is 3.13. The topological polar surface area (TPSA) is 58.6 Å². The zero-order valence-corrected chi connectivity index (χ0v) is 15.2. The second-order valence-corrected chi connectivity index (χ2v) is 6.65. The zero-order valence-electron chi connectivity index (χ0n) is 15.2. The molecule has 5 nitrogen and oxygen atoms in total. The molecule has 2 atom stereocenters. The van der Waals surface area contributed by atoms with Gasteiger partial charge in [-0.15, -0.1) is 0 Å². The first-order valence-corrected chi connectivity index (χ1v) is 9.02. The third-order valence-corrected chi connectivity index (χ3v) is 4.58. The minimum atomic E-state index is -0.632. The molecule has 0 aromatic heterocycles. The molecule has 1 N–H and O–H groups in total. The van der Waals surface area contributed by atoms with Crippen LogP contribution in [0.1, 0.15) is 24.2 Å². The second kappa shape index (κ2) is 8.77. The number of nitrogens with one attached hydrogen (secondary N) is 1. The van der Waals surface area contributed by atoms with Crippen LogP contribution in [0, 0.1) is 5.82 Å². The highest BCUT2D eigenvalue weighted by Crippen LogP contribution is 2.22. The van der Waals surface area contributed by atoms with Crippen LogP contribution in [0.3, 0.4) is 0 Å². The number of rotatable bonds is 5. The summed E-state index contributed by atoms with van der Waals surface area (Å²) in [4.78, 5) is 26.6. The van der Waals surface area contributed by atoms with Gasteiger partial charge in [0.2, 0.25) is 11.8 Å². The van der Waals surface area contributed by atoms with Crippen LogP contribution in [-0.4, -0.2) is 42.5 Å². The third kappa shape index (κ3) is 5.14. The molecule has 1 unspecified atom stereocenters. The van der Waals surface area contributed by atoms with E-state index in [1.807, 2.05) is 30.3 Å². The molecule has 1 aliphatic rings. The summed E-state index contributed by atoms with van der Waals surface area (Å²) in [5.41, 5.74) is 1.73. The van der Waals surface area contributed by atoms with Crippen LogP contribution in [-0.2, 0) is 20.7 Å². The monoisotopic (exact) mass is 370 g/mol. The highest BCUT2D eigenvalue weighted by atomic mass is 19.1. The molecule has 0 saturated carbocycles. The van der Waals surface area contributed by atoms with Crippen molar-refractivity contribution in [2.45, 2.75) is 25.5 Å². The van der Waals surface area contributed by atoms with Crippen molar-refractivity contribution in [3.63, 3.8) is 0 Å². The number of amides is 2. The first-order chi connectivity index (χ1) is 13.0. The van der Waals surface area contributed by atoms with Gasteiger partial charge in [-0.1, -0.05) is 42.5 Å². The number of carbonyl (C=O) groups is 2. The van der Waals surface area contributed by atoms with Gasteiger partial charge in [0.05, 0.1) is 19.6 Å². The van der Waals surface area contributed by atoms with Crippen molar-refractivity contribution in [3.05, 3.63) is 71.5 Å². The van der Waals surface area contributed by atoms with Gasteiger partial charge >= 0.3 is 0 Å². The van der Waals surface area contributed by atoms with Gasteiger partial charge in [0.15, 0.2) is 0 Å². The van der Waals surface area contributed by atoms with Gasteiger partial charge < -0.3 is 15.0 Å². The lowest BCUT2D eigenvalue weighted by Gasteiger charge is -2.34. The normalized spacial score (nSPS) is 18.0. The Labute approximate surface area is 158 Å². The van der Waals surface area contributed by atoms with Gasteiger partial charge in [0, 0.05) is 6.54 Å². The van der Waals surface area contributed by atoms with Crippen molar-refractivity contribution in [2.24, 2.45) is 0 Å². The molecule has 0 bridgehead atoms. The summed E-state index contributed by atoms with van der Waals surface area (Å²) in [6.45, 7) is 3.10. The van der Waals surface area contributed by atoms with Crippen LogP contribution >= 0.6 is 0 Å². The molecule has 3 rings (SSSR count). The number of carbonyl (C=O) groups excluding carboxylic acids is 2. The van der Waals surface area contributed by atoms with Crippen molar-refractivity contribution in [1.82, 2.24) is 10.2 Å². The van der Waals surface area contributed by atoms with E-state index in [1.165, 1.54) is 12.1 Å². The molecule has 27 heavy (non-hydrogen) atoms. The lowest BCUT2D eigenvalue weighted by molar-refractivity contribution is -0.142. The maximum atomic E-state index is 12.9. The molecule has 0 aliphatic carbocycles. The average Bonchev–Trinajstić information content (AvgIpc) is 2.70. The predicted octanol–water partition coefficient (Wildman–Crippen LogP) is 2.47. The van der Waals surface area contributed by atoms with E-state index in [0.29, 0.717) is 25.3 Å². The van der Waals surface area contributed by atoms with Crippen molar-refractivity contribution in [1.29, 1.82) is 0 Å². The minimum absolute atomic E-state index is 0.105. The number of hydrogen-bond acceptors (Lipinski definition) is 3. The zero-order chi connectivity index (χ0) is 19.2. The Kier molecular flexibility index (Phi) is 6.19. The van der Waals surface area contributed by atoms with E-state index in [-0.39, 0.29) is 30.2 Å². The Balaban J connectivity index is 1.54. The summed E-state index contributed by atoms with van der Waals surface area (Å²) >= 11 is 0. The molecule has 1 heterocycles. The van der Waals surface area contributed by atoms with Gasteiger partial charge in [-0.25, -0.2) is 4.39 Å². The maximum absolute atomic E-state index is 12.9. The summed E-state index contributed by atoms with van der Waals surface area (Å²) in [6, 6.07) is 14.9. The number of benzene rings is 2. The largest absolute Gasteiger partial charge is 0.370 e. The quantitative estimate of drug-likeness (QED) is 0.880. The molecule has 6 heteroatoms. The number of nitrogens with zero attached hydrogens (tertiary/aromatic N) is 1. The first-order valence-electron chi connectivity index (χ1n) is 9.02. The van der Waals surface area contributed by atoms with Crippen molar-refractivity contribution < 1.29 is 18.7 Å². The molecule has 142 valence electrons. The number of morpholine rings is 1. The van der Waals surface area contributed by atoms with E-state index in [2.05, 4.69) is 5.32 Å². The Bertz CT molecular complexity index is 780. The Morgan fingerprint density at radius 3 is 2.59 bits per heavy atom. The Hall–Kier alpha value is -2.73. The molecule has 2 aromatic rings. The number of ether oxygens (including phenoxy) is 1. The summed E-state index contributed by atoms with van der Waals surface area (Å²) in [6.07, 6.45) is -0.0563. The molecular formula is C21H23FN2O3. The van der Waals surface area contributed by atoms with Crippen LogP contribution in [0.2, 0.25) is 0 Å². The standard InChI is InChI=1S/C21H23FN2O3/c1-15(23-20(25)13-16-7-9-18(22)10-8-16)21(26)24-11-12-27-19(14-24)17-5-3-2-4-6-17/h2-10,15,19H,11-14H2,1H3,(H,23,25)/t15-,19?/m1/s1. The van der Waals surface area contributed by atoms with E-state index in [1.54, 1.807) is 24.0 Å². The van der Waals surface area contributed by atoms with Crippen molar-refractivity contribution >= 4 is 11.8 Å². The second-order valence-electron chi connectivity index (χ2n) is 6.65. The third-order valence-electron chi connectivity index (χ3n) is 4.58. The fraction of sp³-hybridized carbons (Fsp3) is 0.333. The van der Waals surface area contributed by atoms with Gasteiger partial charge in [-0.3, -0.25) is 9.59 Å². The molecule has 2 amide bonds. The average molecular weight is 370 g/mol. The molecule has 2 aromatic carbocycles. The summed E-state index contributed by atoms with van der Waals surface area (Å²) < 4.78 is 18.7. The van der Waals surface area contributed by atoms with E-state index in [9.17, 15) is 14.0 Å². The predicted molar refractivity (Wildman–Crippen MR) is 99.4 cm³/mol. The van der Waals surface area contributed by atoms with E-state index in [4.69, 9.17) is 4.74 Å². The highest BCUT2D eigenvalue weighted by molar-refractivity contribution is 5.88. The number of halogens is 1. The molecular weight excluding hydrogens is 347 g/mol. The molecule has 1 fully saturated rings. The van der Waals surface area contributed by atoms with Gasteiger partial charge in [0.1, 0.15) is 18.0 Å². The van der Waals surface area contributed by atoms with E-state index < -0.39 is 6.04 Å². The maximum Gasteiger partial charge on any atom is 0.245 e. The first kappa shape index (κ1) is 19.0. The van der Waals surface area contributed by atoms with Crippen LogP contribution in [0.15, 0.2) is 54.6 Å². The summed E-state index contributed by atoms with van der Waals surface area (Å²) in [7, 11) is 0. The molecule has 0 spiro atoms. The summed E-state index contributed by atoms with van der Waals surface area (Å²) in [5, 5.41) is 2.73. The molecule has 0 radical (unpaired) electrons. The Morgan fingerprint density at radius 1 is 1.19 bits per heavy atom. The molecule has 1 saturated heterocycles. The lowest BCUT2D eigenvalue weighted by Crippen LogP contribution is -2.51. The smallest absolute Gasteiger partial charge is 0.245 e. The lowest BCUT2D eigenvalue weighted by atomic mass is 10.1. The fourth-order valence-corrected chi connectivity index (χ4v) is 3.13. The summed E-state index contributed by atoms with van der Waals surface area (Å²) in [5.74, 6) is -0.745. The van der Waals surface area contributed by atoms with E-state index in [0.717, 1.165) is 5.56 Å². The van der Waals surface area contributed by atoms with Crippen LogP contribution < -0.4 is 5.32 Å². The Morgan fingerprint density at radius 2 is 1.89 bits per heavy atom. The minimum Gasteiger partial charge on any atom is -0.370 e. The SMILES string of the molecule is C[C@@H](NC(=O)Cc1ccc(F)cc1)C(=O)N1CCOC(c2ccccc2)C1.